The van der Waals surface area contributed by atoms with E-state index in [4.69, 9.17) is 4.74 Å². The molecule has 0 bridgehead atoms. The molecule has 3 aromatic rings. The number of sulfone groups is 1. The Kier molecular flexibility index (Phi) is 7.04. The molecule has 0 N–H and O–H groups in total. The van der Waals surface area contributed by atoms with Gasteiger partial charge in [-0.05, 0) is 45.0 Å². The van der Waals surface area contributed by atoms with Crippen LogP contribution >= 0.6 is 11.3 Å². The first-order valence-corrected chi connectivity index (χ1v) is 12.3. The summed E-state index contributed by atoms with van der Waals surface area (Å²) in [5.41, 5.74) is -0.727. The molecule has 0 atom stereocenters. The average molecular weight is 490 g/mol. The maximum atomic E-state index is 15.0. The number of amides is 1. The summed E-state index contributed by atoms with van der Waals surface area (Å²) in [5, 5.41) is 0. The van der Waals surface area contributed by atoms with E-state index >= 15 is 4.39 Å². The highest BCUT2D eigenvalue weighted by molar-refractivity contribution is 7.93. The summed E-state index contributed by atoms with van der Waals surface area (Å²) < 4.78 is 47.2. The van der Waals surface area contributed by atoms with Gasteiger partial charge in [-0.1, -0.05) is 30.3 Å². The molecule has 0 saturated carbocycles. The van der Waals surface area contributed by atoms with Crippen molar-refractivity contribution in [2.75, 3.05) is 7.05 Å². The van der Waals surface area contributed by atoms with E-state index in [0.717, 1.165) is 11.3 Å². The summed E-state index contributed by atoms with van der Waals surface area (Å²) in [6.45, 7) is 5.30. The zero-order chi connectivity index (χ0) is 24.4. The molecule has 0 saturated heterocycles. The van der Waals surface area contributed by atoms with Crippen LogP contribution in [0.1, 0.15) is 36.0 Å². The molecule has 33 heavy (non-hydrogen) atoms. The van der Waals surface area contributed by atoms with Crippen molar-refractivity contribution >= 4 is 33.6 Å². The van der Waals surface area contributed by atoms with Crippen LogP contribution in [0, 0.1) is 5.82 Å². The van der Waals surface area contributed by atoms with Gasteiger partial charge in [0.2, 0.25) is 9.84 Å². The molecule has 0 fully saturated rings. The third-order valence-corrected chi connectivity index (χ3v) is 8.01. The molecule has 6 nitrogen and oxygen atoms in total. The number of thiophene rings is 1. The number of hydrogen-bond donors (Lipinski definition) is 0. The number of carbonyl (C=O) groups is 2. The summed E-state index contributed by atoms with van der Waals surface area (Å²) in [6.07, 6.45) is -0.188. The average Bonchev–Trinajstić information content (AvgIpc) is 3.17. The van der Waals surface area contributed by atoms with Gasteiger partial charge in [0, 0.05) is 23.1 Å². The highest BCUT2D eigenvalue weighted by atomic mass is 32.2. The van der Waals surface area contributed by atoms with Gasteiger partial charge in [-0.25, -0.2) is 17.6 Å². The van der Waals surface area contributed by atoms with Crippen LogP contribution in [0.25, 0.3) is 11.1 Å². The van der Waals surface area contributed by atoms with Gasteiger partial charge in [0.15, 0.2) is 6.29 Å². The molecule has 0 unspecified atom stereocenters. The molecule has 1 heterocycles. The summed E-state index contributed by atoms with van der Waals surface area (Å²) in [6, 6.07) is 13.6. The van der Waals surface area contributed by atoms with Crippen LogP contribution in [0.2, 0.25) is 0 Å². The zero-order valence-electron chi connectivity index (χ0n) is 18.7. The third kappa shape index (κ3) is 5.48. The van der Waals surface area contributed by atoms with E-state index < -0.39 is 27.3 Å². The number of rotatable bonds is 6. The molecule has 1 amide bonds. The first-order chi connectivity index (χ1) is 15.4. The van der Waals surface area contributed by atoms with Crippen molar-refractivity contribution in [2.45, 2.75) is 42.0 Å². The molecule has 3 rings (SSSR count). The van der Waals surface area contributed by atoms with E-state index in [1.807, 2.05) is 0 Å². The van der Waals surface area contributed by atoms with E-state index in [2.05, 4.69) is 0 Å². The fourth-order valence-electron chi connectivity index (χ4n) is 3.08. The number of halogens is 1. The van der Waals surface area contributed by atoms with E-state index in [9.17, 15) is 18.0 Å². The summed E-state index contributed by atoms with van der Waals surface area (Å²) in [7, 11) is -2.46. The van der Waals surface area contributed by atoms with Crippen LogP contribution in [-0.4, -0.2) is 38.3 Å². The largest absolute Gasteiger partial charge is 0.444 e. The topological polar surface area (TPSA) is 80.8 Å². The lowest BCUT2D eigenvalue weighted by Gasteiger charge is -2.24. The Labute approximate surface area is 196 Å². The molecule has 174 valence electrons. The standard InChI is InChI=1S/C24H24FNO5S2/c1-24(2,3)31-23(28)26(4)14-17-13-20(19-12-8-9-16(15-27)21(19)25)22(32-17)33(29,30)18-10-6-5-7-11-18/h5-13,15H,14H2,1-4H3. The number of hydrogen-bond acceptors (Lipinski definition) is 6. The van der Waals surface area contributed by atoms with Crippen molar-refractivity contribution < 1.29 is 27.1 Å². The van der Waals surface area contributed by atoms with Crippen molar-refractivity contribution in [3.8, 4) is 11.1 Å². The fourth-order valence-corrected chi connectivity index (χ4v) is 6.27. The maximum absolute atomic E-state index is 15.0. The van der Waals surface area contributed by atoms with Gasteiger partial charge in [0.25, 0.3) is 0 Å². The fraction of sp³-hybridized carbons (Fsp3) is 0.250. The second kappa shape index (κ2) is 9.44. The third-order valence-electron chi connectivity index (χ3n) is 4.59. The van der Waals surface area contributed by atoms with Crippen molar-refractivity contribution in [3.63, 3.8) is 0 Å². The quantitative estimate of drug-likeness (QED) is 0.423. The van der Waals surface area contributed by atoms with Crippen LogP contribution in [0.3, 0.4) is 0 Å². The Morgan fingerprint density at radius 3 is 2.36 bits per heavy atom. The van der Waals surface area contributed by atoms with Crippen LogP contribution in [0.4, 0.5) is 9.18 Å². The Morgan fingerprint density at radius 1 is 1.09 bits per heavy atom. The van der Waals surface area contributed by atoms with Crippen molar-refractivity contribution in [2.24, 2.45) is 0 Å². The molecule has 2 aromatic carbocycles. The number of benzene rings is 2. The number of aldehydes is 1. The van der Waals surface area contributed by atoms with Gasteiger partial charge in [-0.2, -0.15) is 0 Å². The van der Waals surface area contributed by atoms with E-state index in [1.54, 1.807) is 39.0 Å². The Hall–Kier alpha value is -3.04. The predicted octanol–water partition coefficient (Wildman–Crippen LogP) is 5.57. The predicted molar refractivity (Wildman–Crippen MR) is 125 cm³/mol. The van der Waals surface area contributed by atoms with Gasteiger partial charge < -0.3 is 9.64 Å². The molecule has 0 radical (unpaired) electrons. The highest BCUT2D eigenvalue weighted by Gasteiger charge is 2.28. The second-order valence-corrected chi connectivity index (χ2v) is 11.7. The van der Waals surface area contributed by atoms with E-state index in [-0.39, 0.29) is 32.3 Å². The Balaban J connectivity index is 2.11. The van der Waals surface area contributed by atoms with Gasteiger partial charge in [0.1, 0.15) is 15.6 Å². The monoisotopic (exact) mass is 489 g/mol. The molecule has 9 heteroatoms. The SMILES string of the molecule is CN(Cc1cc(-c2cccc(C=O)c2F)c(S(=O)(=O)c2ccccc2)s1)C(=O)OC(C)(C)C. The van der Waals surface area contributed by atoms with Crippen molar-refractivity contribution in [1.82, 2.24) is 4.90 Å². The first-order valence-electron chi connectivity index (χ1n) is 10.0. The maximum Gasteiger partial charge on any atom is 0.410 e. The molecule has 0 aliphatic heterocycles. The van der Waals surface area contributed by atoms with Crippen molar-refractivity contribution in [3.05, 3.63) is 70.9 Å². The zero-order valence-corrected chi connectivity index (χ0v) is 20.3. The minimum absolute atomic E-state index is 0.00322. The minimum Gasteiger partial charge on any atom is -0.444 e. The molecule has 0 aliphatic carbocycles. The van der Waals surface area contributed by atoms with Crippen LogP contribution in [-0.2, 0) is 21.1 Å². The Morgan fingerprint density at radius 2 is 1.76 bits per heavy atom. The Bertz CT molecular complexity index is 1280. The molecular formula is C24H24FNO5S2. The summed E-state index contributed by atoms with van der Waals surface area (Å²) in [4.78, 5) is 25.5. The highest BCUT2D eigenvalue weighted by Crippen LogP contribution is 2.40. The number of carbonyl (C=O) groups excluding carboxylic acids is 2. The minimum atomic E-state index is -3.99. The smallest absolute Gasteiger partial charge is 0.410 e. The number of nitrogens with zero attached hydrogens (tertiary/aromatic N) is 1. The molecule has 1 aromatic heterocycles. The van der Waals surface area contributed by atoms with Crippen LogP contribution < -0.4 is 0 Å². The van der Waals surface area contributed by atoms with Gasteiger partial charge in [0.05, 0.1) is 17.0 Å². The number of ether oxygens (including phenoxy) is 1. The van der Waals surface area contributed by atoms with Gasteiger partial charge in [-0.15, -0.1) is 11.3 Å². The lowest BCUT2D eigenvalue weighted by molar-refractivity contribution is 0.0286. The van der Waals surface area contributed by atoms with Crippen molar-refractivity contribution in [1.29, 1.82) is 0 Å². The lowest BCUT2D eigenvalue weighted by atomic mass is 10.0. The van der Waals surface area contributed by atoms with Crippen LogP contribution in [0.5, 0.6) is 0 Å². The van der Waals surface area contributed by atoms with Gasteiger partial charge >= 0.3 is 6.09 Å². The summed E-state index contributed by atoms with van der Waals surface area (Å²) >= 11 is 0.950. The molecule has 0 aliphatic rings. The van der Waals surface area contributed by atoms with Gasteiger partial charge in [-0.3, -0.25) is 4.79 Å². The first kappa shape index (κ1) is 24.6. The van der Waals surface area contributed by atoms with E-state index in [1.165, 1.54) is 48.3 Å². The second-order valence-electron chi connectivity index (χ2n) is 8.39. The van der Waals surface area contributed by atoms with E-state index in [0.29, 0.717) is 11.2 Å². The normalized spacial score (nSPS) is 11.8. The van der Waals surface area contributed by atoms with Crippen LogP contribution in [0.15, 0.2) is 63.7 Å². The summed E-state index contributed by atoms with van der Waals surface area (Å²) in [5.74, 6) is -0.804. The lowest BCUT2D eigenvalue weighted by Crippen LogP contribution is -2.33. The molecular weight excluding hydrogens is 465 g/mol. The molecule has 0 spiro atoms.